The molecule has 0 saturated heterocycles. The Morgan fingerprint density at radius 1 is 1.27 bits per heavy atom. The number of hydrogen-bond donors (Lipinski definition) is 0. The van der Waals surface area contributed by atoms with E-state index in [9.17, 15) is 0 Å². The van der Waals surface area contributed by atoms with Gasteiger partial charge in [-0.05, 0) is 5.56 Å². The molecule has 1 heteroatoms. The first-order valence-corrected chi connectivity index (χ1v) is 3.52. The molecule has 0 heterocycles. The number of hydrogen-bond acceptors (Lipinski definition) is 1. The fraction of sp³-hybridized carbons (Fsp3) is 0.100. The highest BCUT2D eigenvalue weighted by molar-refractivity contribution is 5.48. The van der Waals surface area contributed by atoms with Crippen molar-refractivity contribution in [1.29, 1.82) is 0 Å². The van der Waals surface area contributed by atoms with Crippen LogP contribution >= 0.6 is 0 Å². The zero-order valence-corrected chi connectivity index (χ0v) is 6.36. The molecule has 57 valence electrons. The molecule has 0 fully saturated rings. The lowest BCUT2D eigenvalue weighted by Crippen LogP contribution is -1.77. The largest absolute Gasteiger partial charge is 0.375 e. The van der Waals surface area contributed by atoms with Crippen molar-refractivity contribution in [3.63, 3.8) is 0 Å². The van der Waals surface area contributed by atoms with Crippen LogP contribution in [0, 0.1) is 7.11 Å². The van der Waals surface area contributed by atoms with Crippen LogP contribution in [0.1, 0.15) is 5.56 Å². The zero-order valence-electron chi connectivity index (χ0n) is 6.36. The summed E-state index contributed by atoms with van der Waals surface area (Å²) in [7, 11) is 3.27. The van der Waals surface area contributed by atoms with Crippen molar-refractivity contribution >= 4 is 6.08 Å². The second-order valence-corrected chi connectivity index (χ2v) is 2.18. The van der Waals surface area contributed by atoms with Crippen molar-refractivity contribution in [1.82, 2.24) is 0 Å². The average Bonchev–Trinajstić information content (AvgIpc) is 2.07. The van der Waals surface area contributed by atoms with Gasteiger partial charge in [0.25, 0.3) is 0 Å². The lowest BCUT2D eigenvalue weighted by Gasteiger charge is -1.90. The summed E-state index contributed by atoms with van der Waals surface area (Å²) in [4.78, 5) is 0. The van der Waals surface area contributed by atoms with Gasteiger partial charge in [-0.15, -0.1) is 0 Å². The zero-order chi connectivity index (χ0) is 7.94. The molecule has 0 N–H and O–H groups in total. The van der Waals surface area contributed by atoms with Crippen LogP contribution in [0.4, 0.5) is 0 Å². The van der Waals surface area contributed by atoms with Gasteiger partial charge in [-0.25, -0.2) is 0 Å². The second-order valence-electron chi connectivity index (χ2n) is 2.18. The van der Waals surface area contributed by atoms with Gasteiger partial charge in [0.1, 0.15) is 0 Å². The molecular weight excluding hydrogens is 136 g/mol. The summed E-state index contributed by atoms with van der Waals surface area (Å²) < 4.78 is 4.63. The van der Waals surface area contributed by atoms with Crippen molar-refractivity contribution in [3.8, 4) is 0 Å². The number of rotatable bonds is 3. The molecule has 0 saturated carbocycles. The van der Waals surface area contributed by atoms with Crippen LogP contribution in [0.25, 0.3) is 6.08 Å². The van der Waals surface area contributed by atoms with Crippen molar-refractivity contribution in [2.24, 2.45) is 0 Å². The molecule has 1 nitrogen and oxygen atoms in total. The Morgan fingerprint density at radius 3 is 2.64 bits per heavy atom. The van der Waals surface area contributed by atoms with Crippen LogP contribution in [-0.2, 0) is 4.74 Å². The molecule has 0 aromatic heterocycles. The minimum Gasteiger partial charge on any atom is -0.375 e. The van der Waals surface area contributed by atoms with E-state index in [0.717, 1.165) is 0 Å². The average molecular weight is 147 g/mol. The summed E-state index contributed by atoms with van der Waals surface area (Å²) in [6, 6.07) is 10.1. The van der Waals surface area contributed by atoms with E-state index in [1.807, 2.05) is 42.5 Å². The topological polar surface area (TPSA) is 9.23 Å². The monoisotopic (exact) mass is 147 g/mol. The van der Waals surface area contributed by atoms with Crippen molar-refractivity contribution in [3.05, 3.63) is 49.1 Å². The molecule has 0 spiro atoms. The smallest absolute Gasteiger partial charge is 0.0704 e. The summed E-state index contributed by atoms with van der Waals surface area (Å²) in [5, 5.41) is 0. The minimum absolute atomic E-state index is 0.564. The van der Waals surface area contributed by atoms with Gasteiger partial charge < -0.3 is 4.74 Å². The highest BCUT2D eigenvalue weighted by Crippen LogP contribution is 2.00. The molecule has 0 aliphatic heterocycles. The molecule has 0 aliphatic rings. The van der Waals surface area contributed by atoms with Gasteiger partial charge in [0.15, 0.2) is 0 Å². The second kappa shape index (κ2) is 4.69. The quantitative estimate of drug-likeness (QED) is 0.638. The predicted molar refractivity (Wildman–Crippen MR) is 46.8 cm³/mol. The maximum atomic E-state index is 4.63. The normalized spacial score (nSPS) is 10.6. The molecule has 0 atom stereocenters. The molecular formula is C10H11O. The van der Waals surface area contributed by atoms with Crippen LogP contribution in [0.15, 0.2) is 36.4 Å². The molecule has 1 rings (SSSR count). The first kappa shape index (κ1) is 8.02. The standard InChI is InChI=1S/C10H11O/c1-11-9-5-8-10-6-3-2-4-7-10/h2-8H,1,9H2. The van der Waals surface area contributed by atoms with Gasteiger partial charge >= 0.3 is 0 Å². The summed E-state index contributed by atoms with van der Waals surface area (Å²) in [6.07, 6.45) is 3.94. The van der Waals surface area contributed by atoms with Gasteiger partial charge in [0, 0.05) is 0 Å². The summed E-state index contributed by atoms with van der Waals surface area (Å²) in [5.41, 5.74) is 1.18. The van der Waals surface area contributed by atoms with Gasteiger partial charge in [0.05, 0.1) is 13.7 Å². The Labute approximate surface area is 67.3 Å². The maximum absolute atomic E-state index is 4.63. The van der Waals surface area contributed by atoms with E-state index in [2.05, 4.69) is 11.8 Å². The molecule has 0 bridgehead atoms. The van der Waals surface area contributed by atoms with E-state index >= 15 is 0 Å². The molecule has 1 aromatic rings. The fourth-order valence-corrected chi connectivity index (χ4v) is 0.816. The van der Waals surface area contributed by atoms with E-state index in [4.69, 9.17) is 0 Å². The van der Waals surface area contributed by atoms with Crippen LogP contribution in [0.2, 0.25) is 0 Å². The lowest BCUT2D eigenvalue weighted by atomic mass is 10.2. The fourth-order valence-electron chi connectivity index (χ4n) is 0.816. The third kappa shape index (κ3) is 3.01. The van der Waals surface area contributed by atoms with E-state index in [1.54, 1.807) is 0 Å². The van der Waals surface area contributed by atoms with Gasteiger partial charge in [0.2, 0.25) is 0 Å². The molecule has 0 unspecified atom stereocenters. The molecule has 1 radical (unpaired) electrons. The van der Waals surface area contributed by atoms with Gasteiger partial charge in [-0.2, -0.15) is 0 Å². The summed E-state index contributed by atoms with van der Waals surface area (Å²) in [6.45, 7) is 0.564. The van der Waals surface area contributed by atoms with Crippen LogP contribution < -0.4 is 0 Å². The lowest BCUT2D eigenvalue weighted by molar-refractivity contribution is 0.282. The highest BCUT2D eigenvalue weighted by atomic mass is 16.5. The van der Waals surface area contributed by atoms with Crippen LogP contribution in [-0.4, -0.2) is 6.61 Å². The van der Waals surface area contributed by atoms with Gasteiger partial charge in [-0.1, -0.05) is 42.5 Å². The van der Waals surface area contributed by atoms with Crippen molar-refractivity contribution in [2.75, 3.05) is 6.61 Å². The van der Waals surface area contributed by atoms with Crippen molar-refractivity contribution < 1.29 is 4.74 Å². The Hall–Kier alpha value is -1.08. The van der Waals surface area contributed by atoms with E-state index < -0.39 is 0 Å². The Morgan fingerprint density at radius 2 is 2.00 bits per heavy atom. The Bertz CT molecular complexity index is 214. The first-order valence-electron chi connectivity index (χ1n) is 3.52. The third-order valence-electron chi connectivity index (χ3n) is 1.32. The van der Waals surface area contributed by atoms with E-state index in [0.29, 0.717) is 6.61 Å². The summed E-state index contributed by atoms with van der Waals surface area (Å²) in [5.74, 6) is 0. The molecule has 11 heavy (non-hydrogen) atoms. The molecule has 0 aliphatic carbocycles. The Balaban J connectivity index is 2.50. The van der Waals surface area contributed by atoms with Gasteiger partial charge in [-0.3, -0.25) is 0 Å². The predicted octanol–water partition coefficient (Wildman–Crippen LogP) is 2.51. The number of ether oxygens (including phenoxy) is 1. The van der Waals surface area contributed by atoms with Crippen molar-refractivity contribution in [2.45, 2.75) is 0 Å². The third-order valence-corrected chi connectivity index (χ3v) is 1.32. The van der Waals surface area contributed by atoms with E-state index in [-0.39, 0.29) is 0 Å². The highest BCUT2D eigenvalue weighted by Gasteiger charge is 1.80. The van der Waals surface area contributed by atoms with E-state index in [1.165, 1.54) is 5.56 Å². The minimum atomic E-state index is 0.564. The number of benzene rings is 1. The maximum Gasteiger partial charge on any atom is 0.0704 e. The SMILES string of the molecule is [CH2]OCC=Cc1ccccc1. The van der Waals surface area contributed by atoms with Crippen LogP contribution in [0.5, 0.6) is 0 Å². The first-order chi connectivity index (χ1) is 5.43. The summed E-state index contributed by atoms with van der Waals surface area (Å²) >= 11 is 0. The Kier molecular flexibility index (Phi) is 3.42. The molecule has 1 aromatic carbocycles. The van der Waals surface area contributed by atoms with Crippen LogP contribution in [0.3, 0.4) is 0 Å². The molecule has 0 amide bonds.